The molecule has 0 aromatic heterocycles. The second kappa shape index (κ2) is 6.59. The molecule has 0 saturated heterocycles. The number of para-hydroxylation sites is 1. The highest BCUT2D eigenvalue weighted by Gasteiger charge is 1.99. The maximum absolute atomic E-state index is 10.6. The lowest BCUT2D eigenvalue weighted by atomic mass is 10.2. The normalized spacial score (nSPS) is 9.95. The maximum Gasteiger partial charge on any atom is 0.150 e. The van der Waals surface area contributed by atoms with Gasteiger partial charge in [0.1, 0.15) is 31.0 Å². The van der Waals surface area contributed by atoms with E-state index in [2.05, 4.69) is 0 Å². The van der Waals surface area contributed by atoms with Crippen molar-refractivity contribution < 1.29 is 14.3 Å². The Balaban J connectivity index is 1.81. The van der Waals surface area contributed by atoms with Crippen molar-refractivity contribution >= 4 is 6.29 Å². The van der Waals surface area contributed by atoms with Crippen molar-refractivity contribution in [2.75, 3.05) is 13.2 Å². The summed E-state index contributed by atoms with van der Waals surface area (Å²) in [6, 6.07) is 14.9. The molecule has 0 N–H and O–H groups in total. The molecule has 0 fully saturated rings. The first-order chi connectivity index (χ1) is 9.29. The molecule has 0 heterocycles. The van der Waals surface area contributed by atoms with E-state index in [1.54, 1.807) is 18.2 Å². The fourth-order valence-electron chi connectivity index (χ4n) is 1.71. The summed E-state index contributed by atoms with van der Waals surface area (Å²) in [6.45, 7) is 2.91. The largest absolute Gasteiger partial charge is 0.490 e. The van der Waals surface area contributed by atoms with Gasteiger partial charge in [-0.05, 0) is 30.7 Å². The van der Waals surface area contributed by atoms with Gasteiger partial charge >= 0.3 is 0 Å². The van der Waals surface area contributed by atoms with Crippen LogP contribution in [0.25, 0.3) is 0 Å². The zero-order chi connectivity index (χ0) is 13.5. The zero-order valence-electron chi connectivity index (χ0n) is 10.8. The van der Waals surface area contributed by atoms with Crippen LogP contribution in [0.15, 0.2) is 48.5 Å². The third-order valence-corrected chi connectivity index (χ3v) is 2.70. The number of carbonyl (C=O) groups is 1. The summed E-state index contributed by atoms with van der Waals surface area (Å²) in [6.07, 6.45) is 0.802. The number of ether oxygens (including phenoxy) is 2. The van der Waals surface area contributed by atoms with Crippen LogP contribution in [0.5, 0.6) is 11.5 Å². The van der Waals surface area contributed by atoms with Gasteiger partial charge in [0.25, 0.3) is 0 Å². The first-order valence-corrected chi connectivity index (χ1v) is 6.16. The van der Waals surface area contributed by atoms with Gasteiger partial charge in [-0.1, -0.05) is 30.3 Å². The molecule has 2 rings (SSSR count). The Bertz CT molecular complexity index is 549. The Morgan fingerprint density at radius 3 is 2.58 bits per heavy atom. The number of benzene rings is 2. The molecule has 2 aromatic rings. The fraction of sp³-hybridized carbons (Fsp3) is 0.188. The molecule has 0 radical (unpaired) electrons. The summed E-state index contributed by atoms with van der Waals surface area (Å²) < 4.78 is 11.1. The van der Waals surface area contributed by atoms with Crippen LogP contribution in [-0.2, 0) is 0 Å². The van der Waals surface area contributed by atoms with Gasteiger partial charge < -0.3 is 9.47 Å². The average Bonchev–Trinajstić information content (AvgIpc) is 2.45. The van der Waals surface area contributed by atoms with Crippen LogP contribution in [0.1, 0.15) is 15.9 Å². The lowest BCUT2D eigenvalue weighted by molar-refractivity contribution is 0.112. The van der Waals surface area contributed by atoms with Gasteiger partial charge in [0.05, 0.1) is 0 Å². The molecule has 3 heteroatoms. The van der Waals surface area contributed by atoms with E-state index in [9.17, 15) is 4.79 Å². The fourth-order valence-corrected chi connectivity index (χ4v) is 1.71. The number of hydrogen-bond acceptors (Lipinski definition) is 3. The number of hydrogen-bond donors (Lipinski definition) is 0. The number of aryl methyl sites for hydroxylation is 1. The van der Waals surface area contributed by atoms with E-state index < -0.39 is 0 Å². The number of aldehydes is 1. The topological polar surface area (TPSA) is 35.5 Å². The minimum absolute atomic E-state index is 0.441. The summed E-state index contributed by atoms with van der Waals surface area (Å²) in [5.74, 6) is 1.55. The lowest BCUT2D eigenvalue weighted by Gasteiger charge is -2.10. The van der Waals surface area contributed by atoms with Gasteiger partial charge in [-0.25, -0.2) is 0 Å². The highest BCUT2D eigenvalue weighted by Crippen LogP contribution is 2.16. The summed E-state index contributed by atoms with van der Waals surface area (Å²) in [5.41, 5.74) is 1.71. The molecule has 0 unspecified atom stereocenters. The first kappa shape index (κ1) is 13.1. The molecule has 0 saturated carbocycles. The molecule has 98 valence electrons. The van der Waals surface area contributed by atoms with Crippen molar-refractivity contribution in [3.63, 3.8) is 0 Å². The van der Waals surface area contributed by atoms with Gasteiger partial charge in [0.2, 0.25) is 0 Å². The number of rotatable bonds is 6. The smallest absolute Gasteiger partial charge is 0.150 e. The monoisotopic (exact) mass is 256 g/mol. The van der Waals surface area contributed by atoms with E-state index in [1.165, 1.54) is 0 Å². The minimum Gasteiger partial charge on any atom is -0.490 e. The van der Waals surface area contributed by atoms with Crippen molar-refractivity contribution in [2.45, 2.75) is 6.92 Å². The third-order valence-electron chi connectivity index (χ3n) is 2.70. The van der Waals surface area contributed by atoms with Crippen molar-refractivity contribution in [1.29, 1.82) is 0 Å². The predicted octanol–water partition coefficient (Wildman–Crippen LogP) is 3.27. The second-order valence-electron chi connectivity index (χ2n) is 4.15. The average molecular weight is 256 g/mol. The van der Waals surface area contributed by atoms with Crippen LogP contribution in [-0.4, -0.2) is 19.5 Å². The summed E-state index contributed by atoms with van der Waals surface area (Å²) in [4.78, 5) is 10.6. The number of carbonyl (C=O) groups excluding carboxylic acids is 1. The van der Waals surface area contributed by atoms with E-state index in [0.717, 1.165) is 17.6 Å². The molecule has 0 aliphatic carbocycles. The summed E-state index contributed by atoms with van der Waals surface area (Å²) in [5, 5.41) is 0. The molecular weight excluding hydrogens is 240 g/mol. The van der Waals surface area contributed by atoms with Crippen LogP contribution in [0.4, 0.5) is 0 Å². The van der Waals surface area contributed by atoms with Crippen molar-refractivity contribution in [2.24, 2.45) is 0 Å². The Kier molecular flexibility index (Phi) is 4.56. The molecule has 0 bridgehead atoms. The Hall–Kier alpha value is -2.29. The third kappa shape index (κ3) is 3.85. The highest BCUT2D eigenvalue weighted by molar-refractivity contribution is 5.75. The van der Waals surface area contributed by atoms with Gasteiger partial charge in [-0.2, -0.15) is 0 Å². The molecule has 19 heavy (non-hydrogen) atoms. The Morgan fingerprint density at radius 2 is 1.79 bits per heavy atom. The van der Waals surface area contributed by atoms with E-state index in [0.29, 0.717) is 24.5 Å². The van der Waals surface area contributed by atoms with Crippen molar-refractivity contribution in [3.05, 3.63) is 59.7 Å². The molecule has 0 atom stereocenters. The molecule has 3 nitrogen and oxygen atoms in total. The van der Waals surface area contributed by atoms with Crippen LogP contribution < -0.4 is 9.47 Å². The predicted molar refractivity (Wildman–Crippen MR) is 74.0 cm³/mol. The summed E-state index contributed by atoms with van der Waals surface area (Å²) >= 11 is 0. The molecule has 2 aromatic carbocycles. The van der Waals surface area contributed by atoms with E-state index in [-0.39, 0.29) is 0 Å². The Morgan fingerprint density at radius 1 is 1.00 bits per heavy atom. The Labute approximate surface area is 112 Å². The second-order valence-corrected chi connectivity index (χ2v) is 4.15. The molecule has 0 spiro atoms. The van der Waals surface area contributed by atoms with Gasteiger partial charge in [-0.3, -0.25) is 4.79 Å². The SMILES string of the molecule is Cc1ccccc1OCCOc1cccc(C=O)c1. The summed E-state index contributed by atoms with van der Waals surface area (Å²) in [7, 11) is 0. The molecule has 0 amide bonds. The van der Waals surface area contributed by atoms with Crippen molar-refractivity contribution in [3.8, 4) is 11.5 Å². The van der Waals surface area contributed by atoms with Gasteiger partial charge in [-0.15, -0.1) is 0 Å². The van der Waals surface area contributed by atoms with Crippen LogP contribution >= 0.6 is 0 Å². The van der Waals surface area contributed by atoms with Crippen LogP contribution in [0.3, 0.4) is 0 Å². The molecule has 0 aliphatic heterocycles. The molecule has 0 aliphatic rings. The van der Waals surface area contributed by atoms with E-state index in [4.69, 9.17) is 9.47 Å². The van der Waals surface area contributed by atoms with E-state index in [1.807, 2.05) is 37.3 Å². The van der Waals surface area contributed by atoms with Crippen LogP contribution in [0, 0.1) is 6.92 Å². The quantitative estimate of drug-likeness (QED) is 0.588. The standard InChI is InChI=1S/C16H16O3/c1-13-5-2-3-8-16(13)19-10-9-18-15-7-4-6-14(11-15)12-17/h2-8,11-12H,9-10H2,1H3. The van der Waals surface area contributed by atoms with Crippen molar-refractivity contribution in [1.82, 2.24) is 0 Å². The van der Waals surface area contributed by atoms with Crippen LogP contribution in [0.2, 0.25) is 0 Å². The van der Waals surface area contributed by atoms with Gasteiger partial charge in [0.15, 0.2) is 0 Å². The first-order valence-electron chi connectivity index (χ1n) is 6.16. The maximum atomic E-state index is 10.6. The zero-order valence-corrected chi connectivity index (χ0v) is 10.8. The lowest BCUT2D eigenvalue weighted by Crippen LogP contribution is -2.09. The highest BCUT2D eigenvalue weighted by atomic mass is 16.5. The molecular formula is C16H16O3. The van der Waals surface area contributed by atoms with Gasteiger partial charge in [0, 0.05) is 5.56 Å². The minimum atomic E-state index is 0.441. The van der Waals surface area contributed by atoms with E-state index >= 15 is 0 Å².